The molecule has 2 heterocycles. The van der Waals surface area contributed by atoms with E-state index >= 15 is 0 Å². The molecule has 0 radical (unpaired) electrons. The van der Waals surface area contributed by atoms with E-state index in [4.69, 9.17) is 11.6 Å². The van der Waals surface area contributed by atoms with Crippen LogP contribution >= 0.6 is 11.6 Å². The average Bonchev–Trinajstić information content (AvgIpc) is 2.73. The van der Waals surface area contributed by atoms with Crippen LogP contribution in [0.3, 0.4) is 0 Å². The SMILES string of the molecule is Cc1nc2ccc(Cl)cc2cc1C(=O)N1CCN(S(=O)(=O)c2ccccc2F)CC1. The molecule has 1 aromatic heterocycles. The van der Waals surface area contributed by atoms with E-state index in [1.54, 1.807) is 36.1 Å². The molecular formula is C21H19ClFN3O3S. The Morgan fingerprint density at radius 3 is 2.47 bits per heavy atom. The molecule has 0 aliphatic carbocycles. The smallest absolute Gasteiger partial charge is 0.255 e. The number of halogens is 2. The van der Waals surface area contributed by atoms with Gasteiger partial charge in [0.15, 0.2) is 0 Å². The number of hydrogen-bond acceptors (Lipinski definition) is 4. The molecule has 0 bridgehead atoms. The fourth-order valence-corrected chi connectivity index (χ4v) is 5.22. The Hall–Kier alpha value is -2.55. The largest absolute Gasteiger partial charge is 0.336 e. The zero-order chi connectivity index (χ0) is 21.5. The van der Waals surface area contributed by atoms with E-state index < -0.39 is 15.8 Å². The van der Waals surface area contributed by atoms with Gasteiger partial charge in [-0.2, -0.15) is 4.31 Å². The molecule has 0 saturated carbocycles. The molecule has 1 fully saturated rings. The number of aryl methyl sites for hydroxylation is 1. The van der Waals surface area contributed by atoms with Crippen molar-refractivity contribution in [1.29, 1.82) is 0 Å². The van der Waals surface area contributed by atoms with E-state index in [1.807, 2.05) is 0 Å². The van der Waals surface area contributed by atoms with Crippen molar-refractivity contribution in [3.05, 3.63) is 70.6 Å². The van der Waals surface area contributed by atoms with Gasteiger partial charge in [0.1, 0.15) is 10.7 Å². The van der Waals surface area contributed by atoms with Crippen LogP contribution in [0.4, 0.5) is 4.39 Å². The first kappa shape index (κ1) is 20.7. The fourth-order valence-electron chi connectivity index (χ4n) is 3.56. The molecule has 1 amide bonds. The minimum atomic E-state index is -3.95. The Morgan fingerprint density at radius 2 is 1.77 bits per heavy atom. The normalized spacial score (nSPS) is 15.5. The van der Waals surface area contributed by atoms with E-state index in [-0.39, 0.29) is 37.0 Å². The summed E-state index contributed by atoms with van der Waals surface area (Å²) < 4.78 is 40.7. The van der Waals surface area contributed by atoms with Crippen molar-refractivity contribution >= 4 is 38.4 Å². The third-order valence-electron chi connectivity index (χ3n) is 5.18. The molecule has 0 unspecified atom stereocenters. The lowest BCUT2D eigenvalue weighted by Gasteiger charge is -2.34. The first-order chi connectivity index (χ1) is 14.3. The van der Waals surface area contributed by atoms with Gasteiger partial charge in [0.2, 0.25) is 10.0 Å². The second-order valence-electron chi connectivity index (χ2n) is 7.09. The predicted octanol–water partition coefficient (Wildman–Crippen LogP) is 3.48. The molecule has 0 N–H and O–H groups in total. The Morgan fingerprint density at radius 1 is 1.07 bits per heavy atom. The number of piperazine rings is 1. The van der Waals surface area contributed by atoms with Crippen LogP contribution in [0.15, 0.2) is 53.4 Å². The number of rotatable bonds is 3. The lowest BCUT2D eigenvalue weighted by atomic mass is 10.1. The molecule has 3 aromatic rings. The second kappa shape index (κ2) is 7.94. The monoisotopic (exact) mass is 447 g/mol. The molecule has 0 atom stereocenters. The van der Waals surface area contributed by atoms with Crippen LogP contribution in [-0.2, 0) is 10.0 Å². The highest BCUT2D eigenvalue weighted by Gasteiger charge is 2.32. The van der Waals surface area contributed by atoms with E-state index in [1.165, 1.54) is 22.5 Å². The summed E-state index contributed by atoms with van der Waals surface area (Å²) in [6, 6.07) is 12.3. The summed E-state index contributed by atoms with van der Waals surface area (Å²) in [4.78, 5) is 18.8. The number of hydrogen-bond donors (Lipinski definition) is 0. The molecule has 9 heteroatoms. The fraction of sp³-hybridized carbons (Fsp3) is 0.238. The van der Waals surface area contributed by atoms with Crippen LogP contribution < -0.4 is 0 Å². The molecular weight excluding hydrogens is 429 g/mol. The summed E-state index contributed by atoms with van der Waals surface area (Å²) in [5.74, 6) is -1.00. The Balaban J connectivity index is 1.53. The summed E-state index contributed by atoms with van der Waals surface area (Å²) in [6.45, 7) is 2.36. The third-order valence-corrected chi connectivity index (χ3v) is 7.35. The first-order valence-corrected chi connectivity index (χ1v) is 11.2. The van der Waals surface area contributed by atoms with Gasteiger partial charge < -0.3 is 4.90 Å². The van der Waals surface area contributed by atoms with Crippen molar-refractivity contribution in [1.82, 2.24) is 14.2 Å². The lowest BCUT2D eigenvalue weighted by Crippen LogP contribution is -2.50. The van der Waals surface area contributed by atoms with Crippen LogP contribution in [0.25, 0.3) is 10.9 Å². The number of fused-ring (bicyclic) bond motifs is 1. The third kappa shape index (κ3) is 3.78. The van der Waals surface area contributed by atoms with E-state index in [0.29, 0.717) is 16.3 Å². The van der Waals surface area contributed by atoms with Gasteiger partial charge in [-0.15, -0.1) is 0 Å². The van der Waals surface area contributed by atoms with Crippen LogP contribution in [0, 0.1) is 12.7 Å². The van der Waals surface area contributed by atoms with Crippen LogP contribution in [0.5, 0.6) is 0 Å². The average molecular weight is 448 g/mol. The Labute approximate surface area is 178 Å². The highest BCUT2D eigenvalue weighted by atomic mass is 35.5. The van der Waals surface area contributed by atoms with Gasteiger partial charge in [0.05, 0.1) is 16.8 Å². The molecule has 156 valence electrons. The lowest BCUT2D eigenvalue weighted by molar-refractivity contribution is 0.0696. The quantitative estimate of drug-likeness (QED) is 0.616. The number of nitrogens with zero attached hydrogens (tertiary/aromatic N) is 3. The van der Waals surface area contributed by atoms with Gasteiger partial charge >= 0.3 is 0 Å². The van der Waals surface area contributed by atoms with Gasteiger partial charge in [0, 0.05) is 36.6 Å². The molecule has 0 spiro atoms. The van der Waals surface area contributed by atoms with Crippen molar-refractivity contribution in [2.45, 2.75) is 11.8 Å². The zero-order valence-electron chi connectivity index (χ0n) is 16.2. The summed E-state index contributed by atoms with van der Waals surface area (Å²) in [7, 11) is -3.95. The highest BCUT2D eigenvalue weighted by Crippen LogP contribution is 2.24. The van der Waals surface area contributed by atoms with Crippen molar-refractivity contribution in [2.24, 2.45) is 0 Å². The number of pyridine rings is 1. The maximum absolute atomic E-state index is 14.0. The molecule has 30 heavy (non-hydrogen) atoms. The number of aromatic nitrogens is 1. The summed E-state index contributed by atoms with van der Waals surface area (Å²) in [5.41, 5.74) is 1.79. The standard InChI is InChI=1S/C21H19ClFN3O3S/c1-14-17(13-15-12-16(22)6-7-19(15)24-14)21(27)25-8-10-26(11-9-25)30(28,29)20-5-3-2-4-18(20)23/h2-7,12-13H,8-11H2,1H3. The van der Waals surface area contributed by atoms with Gasteiger partial charge in [-0.3, -0.25) is 9.78 Å². The topological polar surface area (TPSA) is 70.6 Å². The summed E-state index contributed by atoms with van der Waals surface area (Å²) in [6.07, 6.45) is 0. The number of carbonyl (C=O) groups excluding carboxylic acids is 1. The summed E-state index contributed by atoms with van der Waals surface area (Å²) >= 11 is 6.05. The van der Waals surface area contributed by atoms with Crippen molar-refractivity contribution < 1.29 is 17.6 Å². The number of benzene rings is 2. The van der Waals surface area contributed by atoms with Crippen LogP contribution in [0.2, 0.25) is 5.02 Å². The maximum atomic E-state index is 14.0. The van der Waals surface area contributed by atoms with E-state index in [0.717, 1.165) is 17.0 Å². The van der Waals surface area contributed by atoms with Gasteiger partial charge in [-0.1, -0.05) is 23.7 Å². The van der Waals surface area contributed by atoms with Crippen LogP contribution in [-0.4, -0.2) is 54.7 Å². The maximum Gasteiger partial charge on any atom is 0.255 e. The molecule has 1 saturated heterocycles. The number of amides is 1. The van der Waals surface area contributed by atoms with E-state index in [9.17, 15) is 17.6 Å². The number of carbonyl (C=O) groups is 1. The van der Waals surface area contributed by atoms with Crippen molar-refractivity contribution in [3.8, 4) is 0 Å². The Bertz CT molecular complexity index is 1240. The molecule has 2 aromatic carbocycles. The van der Waals surface area contributed by atoms with Gasteiger partial charge in [-0.25, -0.2) is 12.8 Å². The molecule has 1 aliphatic rings. The molecule has 4 rings (SSSR count). The molecule has 6 nitrogen and oxygen atoms in total. The summed E-state index contributed by atoms with van der Waals surface area (Å²) in [5, 5.41) is 1.32. The Kier molecular flexibility index (Phi) is 5.48. The number of sulfonamides is 1. The highest BCUT2D eigenvalue weighted by molar-refractivity contribution is 7.89. The van der Waals surface area contributed by atoms with Gasteiger partial charge in [0.25, 0.3) is 5.91 Å². The van der Waals surface area contributed by atoms with E-state index in [2.05, 4.69) is 4.98 Å². The van der Waals surface area contributed by atoms with Crippen molar-refractivity contribution in [2.75, 3.05) is 26.2 Å². The predicted molar refractivity (Wildman–Crippen MR) is 113 cm³/mol. The molecule has 1 aliphatic heterocycles. The first-order valence-electron chi connectivity index (χ1n) is 9.38. The van der Waals surface area contributed by atoms with Crippen LogP contribution in [0.1, 0.15) is 16.1 Å². The minimum Gasteiger partial charge on any atom is -0.336 e. The minimum absolute atomic E-state index is 0.0916. The second-order valence-corrected chi connectivity index (χ2v) is 9.43. The zero-order valence-corrected chi connectivity index (χ0v) is 17.8. The van der Waals surface area contributed by atoms with Gasteiger partial charge in [-0.05, 0) is 43.3 Å². The van der Waals surface area contributed by atoms with Crippen molar-refractivity contribution in [3.63, 3.8) is 0 Å².